The first-order valence-electron chi connectivity index (χ1n) is 6.97. The van der Waals surface area contributed by atoms with Gasteiger partial charge in [-0.1, -0.05) is 37.0 Å². The van der Waals surface area contributed by atoms with Crippen LogP contribution in [0.4, 0.5) is 5.13 Å². The first-order valence-corrected chi connectivity index (χ1v) is 7.79. The molecule has 2 aliphatic carbocycles. The quantitative estimate of drug-likeness (QED) is 0.912. The number of amides is 1. The number of nitrogens with one attached hydrogen (secondary N) is 1. The molecule has 4 nitrogen and oxygen atoms in total. The average molecular weight is 265 g/mol. The molecule has 0 aromatic carbocycles. The molecule has 1 aromatic rings. The number of carbonyl (C=O) groups is 1. The number of hydrogen-bond donors (Lipinski definition) is 1. The molecule has 3 rings (SSSR count). The van der Waals surface area contributed by atoms with E-state index in [1.54, 1.807) is 11.3 Å². The van der Waals surface area contributed by atoms with E-state index in [9.17, 15) is 4.79 Å². The van der Waals surface area contributed by atoms with Crippen molar-refractivity contribution >= 4 is 22.4 Å². The third kappa shape index (κ3) is 2.55. The van der Waals surface area contributed by atoms with Crippen LogP contribution >= 0.6 is 11.3 Å². The molecule has 2 aliphatic rings. The van der Waals surface area contributed by atoms with Gasteiger partial charge in [-0.15, -0.1) is 10.2 Å². The molecule has 1 aromatic heterocycles. The molecule has 0 atom stereocenters. The summed E-state index contributed by atoms with van der Waals surface area (Å²) in [4.78, 5) is 11.8. The van der Waals surface area contributed by atoms with Gasteiger partial charge < -0.3 is 5.32 Å². The van der Waals surface area contributed by atoms with Crippen molar-refractivity contribution in [1.82, 2.24) is 10.2 Å². The highest BCUT2D eigenvalue weighted by molar-refractivity contribution is 7.15. The van der Waals surface area contributed by atoms with Gasteiger partial charge >= 0.3 is 0 Å². The molecule has 5 heteroatoms. The summed E-state index contributed by atoms with van der Waals surface area (Å²) in [7, 11) is 0. The van der Waals surface area contributed by atoms with Gasteiger partial charge in [0, 0.05) is 11.8 Å². The standard InChI is InChI=1S/C13H19N3OS/c17-11(9-7-4-8-9)14-13-16-15-12(18-13)10-5-2-1-3-6-10/h9-10H,1-8H2,(H,14,16,17). The van der Waals surface area contributed by atoms with E-state index in [0.717, 1.165) is 17.8 Å². The Labute approximate surface area is 111 Å². The zero-order valence-electron chi connectivity index (χ0n) is 10.5. The van der Waals surface area contributed by atoms with Crippen LogP contribution in [0.3, 0.4) is 0 Å². The fourth-order valence-electron chi connectivity index (χ4n) is 2.68. The predicted octanol–water partition coefficient (Wildman–Crippen LogP) is 3.32. The summed E-state index contributed by atoms with van der Waals surface area (Å²) >= 11 is 1.57. The van der Waals surface area contributed by atoms with E-state index in [1.807, 2.05) is 0 Å². The van der Waals surface area contributed by atoms with Gasteiger partial charge in [0.2, 0.25) is 11.0 Å². The van der Waals surface area contributed by atoms with Gasteiger partial charge in [-0.05, 0) is 25.7 Å². The Morgan fingerprint density at radius 3 is 2.50 bits per heavy atom. The van der Waals surface area contributed by atoms with Crippen molar-refractivity contribution in [3.05, 3.63) is 5.01 Å². The number of hydrogen-bond acceptors (Lipinski definition) is 4. The number of aromatic nitrogens is 2. The minimum Gasteiger partial charge on any atom is -0.300 e. The van der Waals surface area contributed by atoms with Crippen LogP contribution in [-0.2, 0) is 4.79 Å². The lowest BCUT2D eigenvalue weighted by molar-refractivity contribution is -0.122. The minimum absolute atomic E-state index is 0.132. The Balaban J connectivity index is 1.60. The molecule has 0 bridgehead atoms. The Morgan fingerprint density at radius 1 is 1.06 bits per heavy atom. The zero-order chi connectivity index (χ0) is 12.4. The largest absolute Gasteiger partial charge is 0.300 e. The molecule has 0 aliphatic heterocycles. The van der Waals surface area contributed by atoms with Crippen LogP contribution in [-0.4, -0.2) is 16.1 Å². The monoisotopic (exact) mass is 265 g/mol. The maximum absolute atomic E-state index is 11.8. The molecule has 2 fully saturated rings. The number of carbonyl (C=O) groups excluding carboxylic acids is 1. The van der Waals surface area contributed by atoms with Crippen molar-refractivity contribution < 1.29 is 4.79 Å². The van der Waals surface area contributed by atoms with Crippen molar-refractivity contribution in [3.8, 4) is 0 Å². The maximum atomic E-state index is 11.8. The molecule has 98 valence electrons. The summed E-state index contributed by atoms with van der Waals surface area (Å²) in [5.41, 5.74) is 0. The smallest absolute Gasteiger partial charge is 0.229 e. The summed E-state index contributed by atoms with van der Waals surface area (Å²) in [6, 6.07) is 0. The predicted molar refractivity (Wildman–Crippen MR) is 71.7 cm³/mol. The lowest BCUT2D eigenvalue weighted by Gasteiger charge is -2.23. The van der Waals surface area contributed by atoms with Crippen molar-refractivity contribution in [2.24, 2.45) is 5.92 Å². The van der Waals surface area contributed by atoms with Gasteiger partial charge in [0.1, 0.15) is 5.01 Å². The molecular weight excluding hydrogens is 246 g/mol. The number of rotatable bonds is 3. The van der Waals surface area contributed by atoms with Crippen molar-refractivity contribution in [2.75, 3.05) is 5.32 Å². The Kier molecular flexibility index (Phi) is 3.59. The fourth-order valence-corrected chi connectivity index (χ4v) is 3.59. The molecule has 18 heavy (non-hydrogen) atoms. The molecular formula is C13H19N3OS. The highest BCUT2D eigenvalue weighted by Gasteiger charge is 2.26. The van der Waals surface area contributed by atoms with Gasteiger partial charge in [-0.2, -0.15) is 0 Å². The molecule has 0 radical (unpaired) electrons. The number of nitrogens with zero attached hydrogens (tertiary/aromatic N) is 2. The van der Waals surface area contributed by atoms with Crippen LogP contribution in [0.25, 0.3) is 0 Å². The maximum Gasteiger partial charge on any atom is 0.229 e. The molecule has 1 heterocycles. The summed E-state index contributed by atoms with van der Waals surface area (Å²) in [5.74, 6) is 0.922. The topological polar surface area (TPSA) is 54.9 Å². The summed E-state index contributed by atoms with van der Waals surface area (Å²) < 4.78 is 0. The third-order valence-electron chi connectivity index (χ3n) is 4.10. The van der Waals surface area contributed by atoms with Gasteiger partial charge in [0.25, 0.3) is 0 Å². The highest BCUT2D eigenvalue weighted by atomic mass is 32.1. The van der Waals surface area contributed by atoms with Crippen LogP contribution in [0, 0.1) is 5.92 Å². The van der Waals surface area contributed by atoms with E-state index < -0.39 is 0 Å². The van der Waals surface area contributed by atoms with Crippen molar-refractivity contribution in [2.45, 2.75) is 57.3 Å². The van der Waals surface area contributed by atoms with Gasteiger partial charge in [0.15, 0.2) is 0 Å². The number of anilines is 1. The lowest BCUT2D eigenvalue weighted by Crippen LogP contribution is -2.27. The third-order valence-corrected chi connectivity index (χ3v) is 5.10. The van der Waals surface area contributed by atoms with Crippen LogP contribution in [0.2, 0.25) is 0 Å². The average Bonchev–Trinajstić information content (AvgIpc) is 2.76. The second kappa shape index (κ2) is 5.34. The van der Waals surface area contributed by atoms with E-state index in [1.165, 1.54) is 38.5 Å². The van der Waals surface area contributed by atoms with Crippen LogP contribution in [0.1, 0.15) is 62.3 Å². The Bertz CT molecular complexity index is 422. The summed E-state index contributed by atoms with van der Waals surface area (Å²) in [6.07, 6.45) is 9.64. The van der Waals surface area contributed by atoms with E-state index in [0.29, 0.717) is 11.0 Å². The van der Waals surface area contributed by atoms with Crippen molar-refractivity contribution in [3.63, 3.8) is 0 Å². The fraction of sp³-hybridized carbons (Fsp3) is 0.769. The molecule has 1 N–H and O–H groups in total. The molecule has 0 unspecified atom stereocenters. The SMILES string of the molecule is O=C(Nc1nnc(C2CCCCC2)s1)C1CCC1. The zero-order valence-corrected chi connectivity index (χ0v) is 11.3. The van der Waals surface area contributed by atoms with Gasteiger partial charge in [0.05, 0.1) is 0 Å². The Morgan fingerprint density at radius 2 is 1.83 bits per heavy atom. The molecule has 0 saturated heterocycles. The summed E-state index contributed by atoms with van der Waals surface area (Å²) in [5, 5.41) is 13.1. The lowest BCUT2D eigenvalue weighted by atomic mass is 9.85. The van der Waals surface area contributed by atoms with Crippen molar-refractivity contribution in [1.29, 1.82) is 0 Å². The Hall–Kier alpha value is -0.970. The van der Waals surface area contributed by atoms with E-state index in [-0.39, 0.29) is 11.8 Å². The first kappa shape index (κ1) is 12.1. The van der Waals surface area contributed by atoms with Gasteiger partial charge in [-0.3, -0.25) is 4.79 Å². The van der Waals surface area contributed by atoms with E-state index >= 15 is 0 Å². The van der Waals surface area contributed by atoms with Crippen LogP contribution in [0.5, 0.6) is 0 Å². The molecule has 0 spiro atoms. The van der Waals surface area contributed by atoms with E-state index in [2.05, 4.69) is 15.5 Å². The van der Waals surface area contributed by atoms with E-state index in [4.69, 9.17) is 0 Å². The van der Waals surface area contributed by atoms with Gasteiger partial charge in [-0.25, -0.2) is 0 Å². The summed E-state index contributed by atoms with van der Waals surface area (Å²) in [6.45, 7) is 0. The normalized spacial score (nSPS) is 21.6. The molecule has 1 amide bonds. The molecule has 2 saturated carbocycles. The second-order valence-electron chi connectivity index (χ2n) is 5.40. The second-order valence-corrected chi connectivity index (χ2v) is 6.41. The highest BCUT2D eigenvalue weighted by Crippen LogP contribution is 2.35. The van der Waals surface area contributed by atoms with Crippen LogP contribution in [0.15, 0.2) is 0 Å². The van der Waals surface area contributed by atoms with Crippen LogP contribution < -0.4 is 5.32 Å². The first-order chi connectivity index (χ1) is 8.83. The minimum atomic E-state index is 0.132.